The molecule has 30 heavy (non-hydrogen) atoms. The number of para-hydroxylation sites is 2. The molecule has 5 rings (SSSR count). The van der Waals surface area contributed by atoms with E-state index >= 15 is 0 Å². The summed E-state index contributed by atoms with van der Waals surface area (Å²) in [5.41, 5.74) is 7.34. The molecule has 2 heteroatoms. The van der Waals surface area contributed by atoms with Crippen LogP contribution in [0.4, 0.5) is 11.4 Å². The van der Waals surface area contributed by atoms with Crippen molar-refractivity contribution >= 4 is 33.2 Å². The minimum Gasteiger partial charge on any atom is -0.356 e. The molecule has 0 aliphatic rings. The monoisotopic (exact) mass is 390 g/mol. The Bertz CT molecular complexity index is 1320. The SMILES string of the molecule is CC(C)(C)c1ccc(Nc2ccc3c(c2)c2ccccc2n3-c2ccccc2)cc1. The summed E-state index contributed by atoms with van der Waals surface area (Å²) in [6.45, 7) is 6.73. The van der Waals surface area contributed by atoms with Crippen LogP contribution in [0, 0.1) is 0 Å². The van der Waals surface area contributed by atoms with Crippen LogP contribution in [-0.2, 0) is 5.41 Å². The van der Waals surface area contributed by atoms with Gasteiger partial charge in [-0.2, -0.15) is 0 Å². The van der Waals surface area contributed by atoms with E-state index in [1.54, 1.807) is 0 Å². The van der Waals surface area contributed by atoms with E-state index in [0.29, 0.717) is 0 Å². The van der Waals surface area contributed by atoms with Crippen molar-refractivity contribution in [2.24, 2.45) is 0 Å². The third-order valence-electron chi connectivity index (χ3n) is 5.73. The number of rotatable bonds is 3. The molecule has 0 bridgehead atoms. The fourth-order valence-electron chi connectivity index (χ4n) is 4.13. The second-order valence-corrected chi connectivity index (χ2v) is 8.87. The standard InChI is InChI=1S/C28H26N2/c1-28(2,3)20-13-15-21(16-14-20)29-22-17-18-27-25(19-22)24-11-7-8-12-26(24)30(27)23-9-5-4-6-10-23/h4-19,29H,1-3H3. The second-order valence-electron chi connectivity index (χ2n) is 8.87. The number of hydrogen-bond donors (Lipinski definition) is 1. The van der Waals surface area contributed by atoms with E-state index in [-0.39, 0.29) is 5.41 Å². The van der Waals surface area contributed by atoms with Crippen molar-refractivity contribution in [3.63, 3.8) is 0 Å². The van der Waals surface area contributed by atoms with Gasteiger partial charge in [-0.05, 0) is 59.5 Å². The molecule has 0 amide bonds. The van der Waals surface area contributed by atoms with E-state index in [2.05, 4.69) is 128 Å². The minimum atomic E-state index is 0.163. The van der Waals surface area contributed by atoms with Gasteiger partial charge in [-0.25, -0.2) is 0 Å². The Morgan fingerprint density at radius 3 is 1.97 bits per heavy atom. The Morgan fingerprint density at radius 1 is 0.600 bits per heavy atom. The largest absolute Gasteiger partial charge is 0.356 e. The molecule has 0 radical (unpaired) electrons. The number of hydrogen-bond acceptors (Lipinski definition) is 1. The molecule has 0 unspecified atom stereocenters. The van der Waals surface area contributed by atoms with E-state index in [1.165, 1.54) is 33.1 Å². The zero-order valence-corrected chi connectivity index (χ0v) is 17.7. The highest BCUT2D eigenvalue weighted by Gasteiger charge is 2.14. The van der Waals surface area contributed by atoms with Crippen molar-refractivity contribution in [3.8, 4) is 5.69 Å². The molecule has 4 aromatic carbocycles. The maximum atomic E-state index is 3.58. The van der Waals surface area contributed by atoms with E-state index in [9.17, 15) is 0 Å². The van der Waals surface area contributed by atoms with Crippen LogP contribution < -0.4 is 5.32 Å². The highest BCUT2D eigenvalue weighted by Crippen LogP contribution is 2.34. The fraction of sp³-hybridized carbons (Fsp3) is 0.143. The van der Waals surface area contributed by atoms with Crippen LogP contribution in [0.1, 0.15) is 26.3 Å². The zero-order valence-electron chi connectivity index (χ0n) is 17.7. The van der Waals surface area contributed by atoms with Crippen LogP contribution in [0.15, 0.2) is 97.1 Å². The first kappa shape index (κ1) is 18.5. The number of aromatic nitrogens is 1. The molecule has 1 N–H and O–H groups in total. The minimum absolute atomic E-state index is 0.163. The predicted octanol–water partition coefficient (Wildman–Crippen LogP) is 7.82. The Labute approximate surface area is 177 Å². The lowest BCUT2D eigenvalue weighted by molar-refractivity contribution is 0.590. The van der Waals surface area contributed by atoms with Gasteiger partial charge < -0.3 is 9.88 Å². The molecule has 5 aromatic rings. The molecular weight excluding hydrogens is 364 g/mol. The third kappa shape index (κ3) is 3.25. The maximum Gasteiger partial charge on any atom is 0.0542 e. The molecule has 1 heterocycles. The third-order valence-corrected chi connectivity index (χ3v) is 5.73. The van der Waals surface area contributed by atoms with Gasteiger partial charge in [0.15, 0.2) is 0 Å². The quantitative estimate of drug-likeness (QED) is 0.332. The fourth-order valence-corrected chi connectivity index (χ4v) is 4.13. The van der Waals surface area contributed by atoms with Gasteiger partial charge in [0.05, 0.1) is 11.0 Å². The number of benzene rings is 4. The van der Waals surface area contributed by atoms with Crippen LogP contribution in [0.25, 0.3) is 27.5 Å². The topological polar surface area (TPSA) is 17.0 Å². The Morgan fingerprint density at radius 2 is 1.23 bits per heavy atom. The normalized spacial score (nSPS) is 11.8. The van der Waals surface area contributed by atoms with Crippen LogP contribution in [0.2, 0.25) is 0 Å². The van der Waals surface area contributed by atoms with Crippen LogP contribution in [0.5, 0.6) is 0 Å². The smallest absolute Gasteiger partial charge is 0.0542 e. The van der Waals surface area contributed by atoms with Crippen molar-refractivity contribution in [2.45, 2.75) is 26.2 Å². The summed E-state index contributed by atoms with van der Waals surface area (Å²) < 4.78 is 2.34. The van der Waals surface area contributed by atoms with Crippen molar-refractivity contribution in [3.05, 3.63) is 103 Å². The lowest BCUT2D eigenvalue weighted by Crippen LogP contribution is -2.10. The van der Waals surface area contributed by atoms with E-state index < -0.39 is 0 Å². The van der Waals surface area contributed by atoms with E-state index in [1.807, 2.05) is 0 Å². The summed E-state index contributed by atoms with van der Waals surface area (Å²) in [6, 6.07) is 34.6. The Hall–Kier alpha value is -3.52. The summed E-state index contributed by atoms with van der Waals surface area (Å²) in [7, 11) is 0. The summed E-state index contributed by atoms with van der Waals surface area (Å²) in [5, 5.41) is 6.10. The van der Waals surface area contributed by atoms with Crippen molar-refractivity contribution in [1.82, 2.24) is 4.57 Å². The summed E-state index contributed by atoms with van der Waals surface area (Å²) >= 11 is 0. The summed E-state index contributed by atoms with van der Waals surface area (Å²) in [5.74, 6) is 0. The Kier molecular flexibility index (Phi) is 4.36. The average molecular weight is 391 g/mol. The van der Waals surface area contributed by atoms with Gasteiger partial charge in [0.25, 0.3) is 0 Å². The van der Waals surface area contributed by atoms with Crippen molar-refractivity contribution in [1.29, 1.82) is 0 Å². The van der Waals surface area contributed by atoms with Crippen LogP contribution in [-0.4, -0.2) is 4.57 Å². The first-order valence-corrected chi connectivity index (χ1v) is 10.5. The average Bonchev–Trinajstić information content (AvgIpc) is 3.08. The lowest BCUT2D eigenvalue weighted by Gasteiger charge is -2.19. The number of nitrogens with one attached hydrogen (secondary N) is 1. The molecular formula is C28H26N2. The second kappa shape index (κ2) is 7.07. The lowest BCUT2D eigenvalue weighted by atomic mass is 9.87. The van der Waals surface area contributed by atoms with Crippen molar-refractivity contribution < 1.29 is 0 Å². The van der Waals surface area contributed by atoms with Gasteiger partial charge in [-0.1, -0.05) is 69.3 Å². The molecule has 0 atom stereocenters. The molecule has 0 aliphatic heterocycles. The molecule has 0 spiro atoms. The van der Waals surface area contributed by atoms with E-state index in [0.717, 1.165) is 11.4 Å². The molecule has 148 valence electrons. The molecule has 2 nitrogen and oxygen atoms in total. The number of anilines is 2. The van der Waals surface area contributed by atoms with Gasteiger partial charge in [-0.3, -0.25) is 0 Å². The molecule has 0 saturated heterocycles. The highest BCUT2D eigenvalue weighted by molar-refractivity contribution is 6.10. The molecule has 0 aliphatic carbocycles. The predicted molar refractivity (Wildman–Crippen MR) is 129 cm³/mol. The van der Waals surface area contributed by atoms with Gasteiger partial charge >= 0.3 is 0 Å². The summed E-state index contributed by atoms with van der Waals surface area (Å²) in [6.07, 6.45) is 0. The van der Waals surface area contributed by atoms with Gasteiger partial charge in [0.2, 0.25) is 0 Å². The van der Waals surface area contributed by atoms with Crippen LogP contribution in [0.3, 0.4) is 0 Å². The molecule has 0 fully saturated rings. The van der Waals surface area contributed by atoms with Crippen molar-refractivity contribution in [2.75, 3.05) is 5.32 Å². The molecule has 0 saturated carbocycles. The van der Waals surface area contributed by atoms with Gasteiger partial charge in [0.1, 0.15) is 0 Å². The van der Waals surface area contributed by atoms with Crippen LogP contribution >= 0.6 is 0 Å². The summed E-state index contributed by atoms with van der Waals surface area (Å²) in [4.78, 5) is 0. The maximum absolute atomic E-state index is 3.58. The first-order valence-electron chi connectivity index (χ1n) is 10.5. The van der Waals surface area contributed by atoms with E-state index in [4.69, 9.17) is 0 Å². The molecule has 1 aromatic heterocycles. The number of nitrogens with zero attached hydrogens (tertiary/aromatic N) is 1. The Balaban J connectivity index is 1.59. The number of fused-ring (bicyclic) bond motifs is 3. The zero-order chi connectivity index (χ0) is 20.7. The van der Waals surface area contributed by atoms with Gasteiger partial charge in [0, 0.05) is 27.8 Å². The highest BCUT2D eigenvalue weighted by atomic mass is 15.0. The first-order chi connectivity index (χ1) is 14.5. The van der Waals surface area contributed by atoms with Gasteiger partial charge in [-0.15, -0.1) is 0 Å².